The molecular weight excluding hydrogens is 174 g/mol. The Morgan fingerprint density at radius 3 is 2.92 bits per heavy atom. The van der Waals surface area contributed by atoms with Crippen LogP contribution < -0.4 is 5.73 Å². The summed E-state index contributed by atoms with van der Waals surface area (Å²) >= 11 is 0. The van der Waals surface area contributed by atoms with Crippen molar-refractivity contribution in [1.29, 1.82) is 0 Å². The van der Waals surface area contributed by atoms with Gasteiger partial charge in [0, 0.05) is 7.11 Å². The standard InChI is InChI=1S/C7H13N3O3/c1-4(11)6(8)7-9-5(3-12-2)10-13-7/h4,6,11H,3,8H2,1-2H3. The highest BCUT2D eigenvalue weighted by Crippen LogP contribution is 2.11. The van der Waals surface area contributed by atoms with Crippen molar-refractivity contribution < 1.29 is 14.4 Å². The minimum Gasteiger partial charge on any atom is -0.391 e. The molecule has 1 heterocycles. The van der Waals surface area contributed by atoms with Gasteiger partial charge in [0.25, 0.3) is 0 Å². The van der Waals surface area contributed by atoms with Crippen molar-refractivity contribution in [1.82, 2.24) is 10.1 Å². The molecule has 2 atom stereocenters. The third-order valence-electron chi connectivity index (χ3n) is 1.56. The van der Waals surface area contributed by atoms with Crippen molar-refractivity contribution in [2.75, 3.05) is 7.11 Å². The quantitative estimate of drug-likeness (QED) is 0.665. The molecule has 1 aromatic heterocycles. The van der Waals surface area contributed by atoms with Crippen LogP contribution in [0.3, 0.4) is 0 Å². The molecule has 0 aliphatic rings. The molecule has 2 unspecified atom stereocenters. The molecule has 0 amide bonds. The summed E-state index contributed by atoms with van der Waals surface area (Å²) < 4.78 is 9.61. The van der Waals surface area contributed by atoms with E-state index in [2.05, 4.69) is 10.1 Å². The summed E-state index contributed by atoms with van der Waals surface area (Å²) in [6.07, 6.45) is -0.712. The Hall–Kier alpha value is -0.980. The zero-order valence-corrected chi connectivity index (χ0v) is 7.60. The van der Waals surface area contributed by atoms with Crippen LogP contribution in [-0.2, 0) is 11.3 Å². The first-order valence-electron chi connectivity index (χ1n) is 3.90. The van der Waals surface area contributed by atoms with Gasteiger partial charge in [0.1, 0.15) is 12.6 Å². The van der Waals surface area contributed by atoms with Gasteiger partial charge >= 0.3 is 0 Å². The molecule has 0 aliphatic heterocycles. The lowest BCUT2D eigenvalue weighted by atomic mass is 10.2. The van der Waals surface area contributed by atoms with Crippen LogP contribution in [0.1, 0.15) is 24.7 Å². The Labute approximate surface area is 75.7 Å². The molecular formula is C7H13N3O3. The van der Waals surface area contributed by atoms with E-state index in [-0.39, 0.29) is 12.5 Å². The second kappa shape index (κ2) is 4.31. The van der Waals surface area contributed by atoms with Gasteiger partial charge in [0.2, 0.25) is 5.89 Å². The number of rotatable bonds is 4. The maximum absolute atomic E-state index is 9.13. The average molecular weight is 187 g/mol. The molecule has 13 heavy (non-hydrogen) atoms. The smallest absolute Gasteiger partial charge is 0.246 e. The second-order valence-electron chi connectivity index (χ2n) is 2.75. The summed E-state index contributed by atoms with van der Waals surface area (Å²) in [5, 5.41) is 12.7. The van der Waals surface area contributed by atoms with Crippen LogP contribution in [0.15, 0.2) is 4.52 Å². The normalized spacial score (nSPS) is 15.7. The second-order valence-corrected chi connectivity index (χ2v) is 2.75. The highest BCUT2D eigenvalue weighted by Gasteiger charge is 2.18. The van der Waals surface area contributed by atoms with Gasteiger partial charge in [-0.3, -0.25) is 0 Å². The minimum atomic E-state index is -0.712. The van der Waals surface area contributed by atoms with E-state index < -0.39 is 12.1 Å². The van der Waals surface area contributed by atoms with Gasteiger partial charge in [0.15, 0.2) is 5.82 Å². The van der Waals surface area contributed by atoms with E-state index in [4.69, 9.17) is 20.1 Å². The Balaban J connectivity index is 2.67. The summed E-state index contributed by atoms with van der Waals surface area (Å²) in [5.41, 5.74) is 5.56. The molecule has 6 nitrogen and oxygen atoms in total. The molecule has 0 spiro atoms. The van der Waals surface area contributed by atoms with Crippen molar-refractivity contribution in [2.45, 2.75) is 25.7 Å². The Morgan fingerprint density at radius 2 is 2.38 bits per heavy atom. The molecule has 3 N–H and O–H groups in total. The number of hydrogen-bond donors (Lipinski definition) is 2. The fraction of sp³-hybridized carbons (Fsp3) is 0.714. The summed E-state index contributed by atoms with van der Waals surface area (Å²) in [6.45, 7) is 1.83. The van der Waals surface area contributed by atoms with Crippen molar-refractivity contribution in [3.05, 3.63) is 11.7 Å². The van der Waals surface area contributed by atoms with Crippen LogP contribution in [0.5, 0.6) is 0 Å². The van der Waals surface area contributed by atoms with Crippen LogP contribution in [-0.4, -0.2) is 28.5 Å². The van der Waals surface area contributed by atoms with E-state index in [1.54, 1.807) is 6.92 Å². The lowest BCUT2D eigenvalue weighted by molar-refractivity contribution is 0.145. The number of aliphatic hydroxyl groups is 1. The van der Waals surface area contributed by atoms with Crippen molar-refractivity contribution in [2.24, 2.45) is 5.73 Å². The fourth-order valence-corrected chi connectivity index (χ4v) is 0.797. The molecule has 0 aromatic carbocycles. The van der Waals surface area contributed by atoms with Crippen molar-refractivity contribution in [3.63, 3.8) is 0 Å². The molecule has 0 fully saturated rings. The third-order valence-corrected chi connectivity index (χ3v) is 1.56. The van der Waals surface area contributed by atoms with Crippen LogP contribution in [0.25, 0.3) is 0 Å². The van der Waals surface area contributed by atoms with Crippen LogP contribution in [0.2, 0.25) is 0 Å². The molecule has 0 radical (unpaired) electrons. The Bertz CT molecular complexity index is 261. The van der Waals surface area contributed by atoms with Gasteiger partial charge < -0.3 is 20.1 Å². The lowest BCUT2D eigenvalue weighted by Gasteiger charge is -2.08. The lowest BCUT2D eigenvalue weighted by Crippen LogP contribution is -2.23. The zero-order chi connectivity index (χ0) is 9.84. The molecule has 74 valence electrons. The predicted octanol–water partition coefficient (Wildman–Crippen LogP) is -0.403. The molecule has 0 saturated heterocycles. The fourth-order valence-electron chi connectivity index (χ4n) is 0.797. The number of aliphatic hydroxyl groups excluding tert-OH is 1. The van der Waals surface area contributed by atoms with E-state index in [9.17, 15) is 0 Å². The third kappa shape index (κ3) is 2.48. The topological polar surface area (TPSA) is 94.4 Å². The Morgan fingerprint density at radius 1 is 1.69 bits per heavy atom. The Kier molecular flexibility index (Phi) is 3.35. The predicted molar refractivity (Wildman–Crippen MR) is 43.6 cm³/mol. The van der Waals surface area contributed by atoms with E-state index in [0.717, 1.165) is 0 Å². The maximum Gasteiger partial charge on any atom is 0.246 e. The van der Waals surface area contributed by atoms with Gasteiger partial charge in [-0.2, -0.15) is 4.98 Å². The number of ether oxygens (including phenoxy) is 1. The highest BCUT2D eigenvalue weighted by molar-refractivity contribution is 4.92. The van der Waals surface area contributed by atoms with Crippen molar-refractivity contribution >= 4 is 0 Å². The zero-order valence-electron chi connectivity index (χ0n) is 7.60. The average Bonchev–Trinajstić information content (AvgIpc) is 2.52. The van der Waals surface area contributed by atoms with E-state index in [1.165, 1.54) is 7.11 Å². The number of nitrogens with two attached hydrogens (primary N) is 1. The minimum absolute atomic E-state index is 0.224. The number of nitrogens with zero attached hydrogens (tertiary/aromatic N) is 2. The summed E-state index contributed by atoms with van der Waals surface area (Å²) in [4.78, 5) is 3.93. The number of aromatic nitrogens is 2. The summed E-state index contributed by atoms with van der Waals surface area (Å²) in [5.74, 6) is 0.649. The molecule has 1 rings (SSSR count). The van der Waals surface area contributed by atoms with Crippen LogP contribution >= 0.6 is 0 Å². The molecule has 6 heteroatoms. The van der Waals surface area contributed by atoms with E-state index >= 15 is 0 Å². The monoisotopic (exact) mass is 187 g/mol. The van der Waals surface area contributed by atoms with Crippen molar-refractivity contribution in [3.8, 4) is 0 Å². The first-order valence-corrected chi connectivity index (χ1v) is 3.90. The van der Waals surface area contributed by atoms with E-state index in [1.807, 2.05) is 0 Å². The molecule has 1 aromatic rings. The van der Waals surface area contributed by atoms with Crippen LogP contribution in [0.4, 0.5) is 0 Å². The first-order chi connectivity index (χ1) is 6.15. The summed E-state index contributed by atoms with van der Waals surface area (Å²) in [6, 6.07) is -0.641. The van der Waals surface area contributed by atoms with Gasteiger partial charge in [-0.15, -0.1) is 0 Å². The van der Waals surface area contributed by atoms with Crippen LogP contribution in [0, 0.1) is 0 Å². The van der Waals surface area contributed by atoms with Gasteiger partial charge in [-0.05, 0) is 6.92 Å². The van der Waals surface area contributed by atoms with E-state index in [0.29, 0.717) is 5.82 Å². The largest absolute Gasteiger partial charge is 0.391 e. The molecule has 0 bridgehead atoms. The van der Waals surface area contributed by atoms with Gasteiger partial charge in [0.05, 0.1) is 6.10 Å². The maximum atomic E-state index is 9.13. The molecule has 0 aliphatic carbocycles. The van der Waals surface area contributed by atoms with Gasteiger partial charge in [-0.25, -0.2) is 0 Å². The SMILES string of the molecule is COCc1noc(C(N)C(C)O)n1. The number of methoxy groups -OCH3 is 1. The molecule has 0 saturated carbocycles. The first kappa shape index (κ1) is 10.1. The number of hydrogen-bond acceptors (Lipinski definition) is 6. The highest BCUT2D eigenvalue weighted by atomic mass is 16.5. The summed E-state index contributed by atoms with van der Waals surface area (Å²) in [7, 11) is 1.53. The van der Waals surface area contributed by atoms with Gasteiger partial charge in [-0.1, -0.05) is 5.16 Å².